The van der Waals surface area contributed by atoms with Gasteiger partial charge in [0.1, 0.15) is 5.82 Å². The SMILES string of the molecule is Cc1nc(C)c(CC(=O)NC(Cn2cccn2)c2ccccc2)c(=O)[nH]1. The van der Waals surface area contributed by atoms with Crippen molar-refractivity contribution in [3.05, 3.63) is 81.8 Å². The lowest BCUT2D eigenvalue weighted by molar-refractivity contribution is -0.121. The molecule has 1 aromatic carbocycles. The summed E-state index contributed by atoms with van der Waals surface area (Å²) in [5, 5.41) is 7.22. The Labute approximate surface area is 151 Å². The topological polar surface area (TPSA) is 92.7 Å². The Morgan fingerprint density at radius 2 is 2.00 bits per heavy atom. The summed E-state index contributed by atoms with van der Waals surface area (Å²) in [6.07, 6.45) is 3.53. The van der Waals surface area contributed by atoms with Crippen molar-refractivity contribution in [1.29, 1.82) is 0 Å². The van der Waals surface area contributed by atoms with Crippen molar-refractivity contribution in [1.82, 2.24) is 25.1 Å². The first-order valence-electron chi connectivity index (χ1n) is 8.41. The highest BCUT2D eigenvalue weighted by Crippen LogP contribution is 2.15. The number of hydrogen-bond donors (Lipinski definition) is 2. The van der Waals surface area contributed by atoms with Gasteiger partial charge in [0, 0.05) is 23.7 Å². The summed E-state index contributed by atoms with van der Waals surface area (Å²) in [6, 6.07) is 11.3. The number of H-pyrrole nitrogens is 1. The van der Waals surface area contributed by atoms with E-state index in [2.05, 4.69) is 20.4 Å². The molecule has 0 aliphatic rings. The van der Waals surface area contributed by atoms with E-state index >= 15 is 0 Å². The van der Waals surface area contributed by atoms with Gasteiger partial charge in [0.25, 0.3) is 5.56 Å². The van der Waals surface area contributed by atoms with Crippen molar-refractivity contribution in [2.24, 2.45) is 0 Å². The highest BCUT2D eigenvalue weighted by molar-refractivity contribution is 5.79. The Bertz CT molecular complexity index is 932. The molecule has 0 bridgehead atoms. The van der Waals surface area contributed by atoms with Crippen LogP contribution in [0.25, 0.3) is 0 Å². The van der Waals surface area contributed by atoms with Gasteiger partial charge >= 0.3 is 0 Å². The molecule has 1 amide bonds. The number of aromatic amines is 1. The van der Waals surface area contributed by atoms with Crippen LogP contribution in [0.2, 0.25) is 0 Å². The van der Waals surface area contributed by atoms with E-state index < -0.39 is 0 Å². The highest BCUT2D eigenvalue weighted by Gasteiger charge is 2.18. The first kappa shape index (κ1) is 17.6. The van der Waals surface area contributed by atoms with Gasteiger partial charge < -0.3 is 10.3 Å². The highest BCUT2D eigenvalue weighted by atomic mass is 16.2. The summed E-state index contributed by atoms with van der Waals surface area (Å²) < 4.78 is 1.77. The second-order valence-corrected chi connectivity index (χ2v) is 6.15. The molecule has 1 atom stereocenters. The van der Waals surface area contributed by atoms with Gasteiger partial charge in [0.05, 0.1) is 19.0 Å². The summed E-state index contributed by atoms with van der Waals surface area (Å²) >= 11 is 0. The molecular weight excluding hydrogens is 330 g/mol. The van der Waals surface area contributed by atoms with Crippen molar-refractivity contribution >= 4 is 5.91 Å². The Balaban J connectivity index is 1.78. The molecule has 134 valence electrons. The molecular formula is C19H21N5O2. The zero-order valence-electron chi connectivity index (χ0n) is 14.8. The average molecular weight is 351 g/mol. The Morgan fingerprint density at radius 3 is 2.65 bits per heavy atom. The average Bonchev–Trinajstić information content (AvgIpc) is 3.11. The van der Waals surface area contributed by atoms with Crippen molar-refractivity contribution in [2.45, 2.75) is 32.9 Å². The number of carbonyl (C=O) groups is 1. The minimum atomic E-state index is -0.270. The molecule has 3 rings (SSSR count). The van der Waals surface area contributed by atoms with Crippen LogP contribution in [-0.4, -0.2) is 25.7 Å². The summed E-state index contributed by atoms with van der Waals surface area (Å²) in [6.45, 7) is 3.96. The second kappa shape index (κ2) is 7.77. The van der Waals surface area contributed by atoms with Gasteiger partial charge in [-0.25, -0.2) is 4.98 Å². The number of benzene rings is 1. The van der Waals surface area contributed by atoms with Crippen LogP contribution in [0.15, 0.2) is 53.6 Å². The van der Waals surface area contributed by atoms with Crippen molar-refractivity contribution in [3.8, 4) is 0 Å². The third-order valence-corrected chi connectivity index (χ3v) is 4.14. The van der Waals surface area contributed by atoms with Crippen LogP contribution in [0.1, 0.15) is 28.7 Å². The summed E-state index contributed by atoms with van der Waals surface area (Å²) in [5.74, 6) is 0.308. The zero-order chi connectivity index (χ0) is 18.5. The van der Waals surface area contributed by atoms with Gasteiger partial charge in [-0.3, -0.25) is 14.3 Å². The molecule has 2 N–H and O–H groups in total. The standard InChI is InChI=1S/C19H21N5O2/c1-13-16(19(26)22-14(2)21-13)11-18(25)23-17(12-24-10-6-9-20-24)15-7-4-3-5-8-15/h3-10,17H,11-12H2,1-2H3,(H,23,25)(H,21,22,26). The van der Waals surface area contributed by atoms with E-state index in [1.54, 1.807) is 24.7 Å². The molecule has 7 heteroatoms. The normalized spacial score (nSPS) is 11.9. The number of carbonyl (C=O) groups excluding carboxylic acids is 1. The molecule has 0 aliphatic carbocycles. The molecule has 0 saturated heterocycles. The number of amides is 1. The number of nitrogens with zero attached hydrogens (tertiary/aromatic N) is 3. The van der Waals surface area contributed by atoms with Gasteiger partial charge in [-0.05, 0) is 25.5 Å². The fourth-order valence-corrected chi connectivity index (χ4v) is 2.88. The fraction of sp³-hybridized carbons (Fsp3) is 0.263. The molecule has 2 heterocycles. The van der Waals surface area contributed by atoms with Crippen LogP contribution < -0.4 is 10.9 Å². The van der Waals surface area contributed by atoms with E-state index in [0.29, 0.717) is 23.6 Å². The molecule has 0 saturated carbocycles. The molecule has 1 unspecified atom stereocenters. The van der Waals surface area contributed by atoms with Crippen LogP contribution in [-0.2, 0) is 17.8 Å². The quantitative estimate of drug-likeness (QED) is 0.707. The molecule has 0 radical (unpaired) electrons. The smallest absolute Gasteiger partial charge is 0.254 e. The number of hydrogen-bond acceptors (Lipinski definition) is 4. The summed E-state index contributed by atoms with van der Waals surface area (Å²) in [5.41, 5.74) is 1.67. The van der Waals surface area contributed by atoms with E-state index in [-0.39, 0.29) is 23.9 Å². The second-order valence-electron chi connectivity index (χ2n) is 6.15. The lowest BCUT2D eigenvalue weighted by Crippen LogP contribution is -2.34. The predicted octanol–water partition coefficient (Wildman–Crippen LogP) is 1.68. The third kappa shape index (κ3) is 4.24. The molecule has 26 heavy (non-hydrogen) atoms. The van der Waals surface area contributed by atoms with Crippen LogP contribution in [0, 0.1) is 13.8 Å². The van der Waals surface area contributed by atoms with Crippen molar-refractivity contribution in [2.75, 3.05) is 0 Å². The summed E-state index contributed by atoms with van der Waals surface area (Å²) in [7, 11) is 0. The van der Waals surface area contributed by atoms with Crippen LogP contribution in [0.4, 0.5) is 0 Å². The molecule has 0 spiro atoms. The maximum Gasteiger partial charge on any atom is 0.254 e. The van der Waals surface area contributed by atoms with E-state index in [4.69, 9.17) is 0 Å². The molecule has 7 nitrogen and oxygen atoms in total. The van der Waals surface area contributed by atoms with E-state index in [1.165, 1.54) is 0 Å². The Hall–Kier alpha value is -3.22. The first-order valence-corrected chi connectivity index (χ1v) is 8.41. The van der Waals surface area contributed by atoms with Gasteiger partial charge in [-0.15, -0.1) is 0 Å². The van der Waals surface area contributed by atoms with Gasteiger partial charge in [-0.2, -0.15) is 5.10 Å². The number of aromatic nitrogens is 4. The maximum absolute atomic E-state index is 12.6. The van der Waals surface area contributed by atoms with Crippen LogP contribution >= 0.6 is 0 Å². The van der Waals surface area contributed by atoms with Crippen molar-refractivity contribution < 1.29 is 4.79 Å². The predicted molar refractivity (Wildman–Crippen MR) is 97.6 cm³/mol. The minimum absolute atomic E-state index is 0.0170. The molecule has 3 aromatic rings. The largest absolute Gasteiger partial charge is 0.347 e. The molecule has 0 fully saturated rings. The number of aryl methyl sites for hydroxylation is 2. The minimum Gasteiger partial charge on any atom is -0.347 e. The fourth-order valence-electron chi connectivity index (χ4n) is 2.88. The Morgan fingerprint density at radius 1 is 1.23 bits per heavy atom. The number of nitrogens with one attached hydrogen (secondary N) is 2. The van der Waals surface area contributed by atoms with Gasteiger partial charge in [-0.1, -0.05) is 30.3 Å². The lowest BCUT2D eigenvalue weighted by Gasteiger charge is -2.19. The monoisotopic (exact) mass is 351 g/mol. The lowest BCUT2D eigenvalue weighted by atomic mass is 10.1. The Kier molecular flexibility index (Phi) is 5.26. The first-order chi connectivity index (χ1) is 12.5. The van der Waals surface area contributed by atoms with E-state index in [0.717, 1.165) is 5.56 Å². The molecule has 0 aliphatic heterocycles. The number of rotatable bonds is 6. The maximum atomic E-state index is 12.6. The van der Waals surface area contributed by atoms with Gasteiger partial charge in [0.15, 0.2) is 0 Å². The van der Waals surface area contributed by atoms with E-state index in [9.17, 15) is 9.59 Å². The van der Waals surface area contributed by atoms with Gasteiger partial charge in [0.2, 0.25) is 5.91 Å². The van der Waals surface area contributed by atoms with Crippen LogP contribution in [0.3, 0.4) is 0 Å². The molecule has 2 aromatic heterocycles. The van der Waals surface area contributed by atoms with Crippen LogP contribution in [0.5, 0.6) is 0 Å². The van der Waals surface area contributed by atoms with Crippen molar-refractivity contribution in [3.63, 3.8) is 0 Å². The summed E-state index contributed by atoms with van der Waals surface area (Å²) in [4.78, 5) is 31.6. The third-order valence-electron chi connectivity index (χ3n) is 4.14. The van der Waals surface area contributed by atoms with E-state index in [1.807, 2.05) is 42.6 Å². The zero-order valence-corrected chi connectivity index (χ0v) is 14.8.